The summed E-state index contributed by atoms with van der Waals surface area (Å²) in [5.41, 5.74) is -0.834. The van der Waals surface area contributed by atoms with Gasteiger partial charge < -0.3 is 19.6 Å². The molecule has 130 valence electrons. The Bertz CT molecular complexity index is 777. The number of carbonyl (C=O) groups excluding carboxylic acids is 1. The maximum absolute atomic E-state index is 12.8. The Kier molecular flexibility index (Phi) is 3.65. The molecule has 1 saturated carbocycles. The number of benzene rings is 1. The molecule has 2 N–H and O–H groups in total. The summed E-state index contributed by atoms with van der Waals surface area (Å²) >= 11 is 0. The number of nitrogens with one attached hydrogen (secondary N) is 1. The molecule has 1 aliphatic carbocycles. The lowest BCUT2D eigenvalue weighted by Gasteiger charge is -2.40. The number of fused-ring (bicyclic) bond motifs is 1. The SMILES string of the molecule is O=C(O)C12COC(C(=O)NC(Cc3ccccc3)c3ccco3)(C1)C2. The average Bonchev–Trinajstić information content (AvgIpc) is 3.30. The van der Waals surface area contributed by atoms with Gasteiger partial charge >= 0.3 is 5.97 Å². The molecule has 3 heterocycles. The van der Waals surface area contributed by atoms with E-state index in [1.807, 2.05) is 36.4 Å². The van der Waals surface area contributed by atoms with E-state index in [1.54, 1.807) is 12.3 Å². The molecule has 2 aromatic rings. The van der Waals surface area contributed by atoms with E-state index in [4.69, 9.17) is 9.15 Å². The molecule has 2 aliphatic heterocycles. The predicted octanol–water partition coefficient (Wildman–Crippen LogP) is 2.31. The molecule has 1 aromatic carbocycles. The minimum Gasteiger partial charge on any atom is -0.481 e. The number of hydrogen-bond donors (Lipinski definition) is 2. The van der Waals surface area contributed by atoms with E-state index >= 15 is 0 Å². The monoisotopic (exact) mass is 341 g/mol. The fourth-order valence-electron chi connectivity index (χ4n) is 3.81. The molecular weight excluding hydrogens is 322 g/mol. The molecule has 0 radical (unpaired) electrons. The van der Waals surface area contributed by atoms with E-state index in [2.05, 4.69) is 5.32 Å². The lowest BCUT2D eigenvalue weighted by Crippen LogP contribution is -2.57. The first-order valence-corrected chi connectivity index (χ1v) is 8.29. The van der Waals surface area contributed by atoms with Crippen molar-refractivity contribution in [3.8, 4) is 0 Å². The molecule has 1 atom stereocenters. The van der Waals surface area contributed by atoms with Crippen LogP contribution < -0.4 is 5.32 Å². The Labute approximate surface area is 144 Å². The summed E-state index contributed by atoms with van der Waals surface area (Å²) in [6.07, 6.45) is 2.62. The molecule has 1 aromatic heterocycles. The van der Waals surface area contributed by atoms with Gasteiger partial charge in [-0.25, -0.2) is 0 Å². The molecule has 5 rings (SSSR count). The average molecular weight is 341 g/mol. The van der Waals surface area contributed by atoms with Crippen LogP contribution in [0, 0.1) is 5.41 Å². The van der Waals surface area contributed by atoms with Crippen molar-refractivity contribution in [1.82, 2.24) is 5.32 Å². The summed E-state index contributed by atoms with van der Waals surface area (Å²) in [6, 6.07) is 13.1. The van der Waals surface area contributed by atoms with E-state index in [0.717, 1.165) is 5.56 Å². The third-order valence-corrected chi connectivity index (χ3v) is 5.21. The maximum atomic E-state index is 12.8. The number of carbonyl (C=O) groups is 2. The first-order valence-electron chi connectivity index (χ1n) is 8.29. The maximum Gasteiger partial charge on any atom is 0.312 e. The van der Waals surface area contributed by atoms with Gasteiger partial charge in [0.2, 0.25) is 0 Å². The number of aliphatic carboxylic acids is 1. The van der Waals surface area contributed by atoms with Gasteiger partial charge in [-0.1, -0.05) is 30.3 Å². The standard InChI is InChI=1S/C19H19NO5/c21-16(19-10-18(11-19,12-25-19)17(22)23)20-14(15-7-4-8-24-15)9-13-5-2-1-3-6-13/h1-8,14H,9-12H2,(H,20,21)(H,22,23). The highest BCUT2D eigenvalue weighted by Crippen LogP contribution is 2.58. The number of hydrogen-bond acceptors (Lipinski definition) is 4. The highest BCUT2D eigenvalue weighted by atomic mass is 16.5. The highest BCUT2D eigenvalue weighted by Gasteiger charge is 2.70. The zero-order chi connectivity index (χ0) is 17.5. The van der Waals surface area contributed by atoms with Crippen LogP contribution in [0.15, 0.2) is 53.1 Å². The van der Waals surface area contributed by atoms with Gasteiger partial charge in [-0.2, -0.15) is 0 Å². The van der Waals surface area contributed by atoms with Gasteiger partial charge in [0, 0.05) is 12.8 Å². The van der Waals surface area contributed by atoms with Crippen LogP contribution in [0.3, 0.4) is 0 Å². The van der Waals surface area contributed by atoms with Gasteiger partial charge in [-0.15, -0.1) is 0 Å². The second-order valence-electron chi connectivity index (χ2n) is 6.95. The largest absolute Gasteiger partial charge is 0.481 e. The fraction of sp³-hybridized carbons (Fsp3) is 0.368. The van der Waals surface area contributed by atoms with E-state index in [9.17, 15) is 14.7 Å². The third-order valence-electron chi connectivity index (χ3n) is 5.21. The molecule has 6 heteroatoms. The first kappa shape index (κ1) is 15.9. The number of amides is 1. The summed E-state index contributed by atoms with van der Waals surface area (Å²) in [4.78, 5) is 24.1. The van der Waals surface area contributed by atoms with Crippen LogP contribution >= 0.6 is 0 Å². The van der Waals surface area contributed by atoms with Crippen molar-refractivity contribution < 1.29 is 23.8 Å². The second-order valence-corrected chi connectivity index (χ2v) is 6.95. The third kappa shape index (κ3) is 2.62. The van der Waals surface area contributed by atoms with Crippen molar-refractivity contribution in [3.63, 3.8) is 0 Å². The van der Waals surface area contributed by atoms with E-state index < -0.39 is 17.0 Å². The molecule has 2 saturated heterocycles. The van der Waals surface area contributed by atoms with Gasteiger partial charge in [0.15, 0.2) is 0 Å². The van der Waals surface area contributed by atoms with Crippen LogP contribution in [0.2, 0.25) is 0 Å². The van der Waals surface area contributed by atoms with E-state index in [0.29, 0.717) is 12.2 Å². The van der Waals surface area contributed by atoms with Crippen molar-refractivity contribution in [2.75, 3.05) is 6.61 Å². The predicted molar refractivity (Wildman–Crippen MR) is 87.7 cm³/mol. The molecule has 1 amide bonds. The number of rotatable bonds is 6. The van der Waals surface area contributed by atoms with Crippen LogP contribution in [0.4, 0.5) is 0 Å². The summed E-state index contributed by atoms with van der Waals surface area (Å²) < 4.78 is 11.1. The molecular formula is C19H19NO5. The van der Waals surface area contributed by atoms with E-state index in [1.165, 1.54) is 0 Å². The van der Waals surface area contributed by atoms with Crippen molar-refractivity contribution >= 4 is 11.9 Å². The molecule has 6 nitrogen and oxygen atoms in total. The van der Waals surface area contributed by atoms with Crippen LogP contribution in [-0.4, -0.2) is 29.2 Å². The molecule has 25 heavy (non-hydrogen) atoms. The summed E-state index contributed by atoms with van der Waals surface area (Å²) in [6.45, 7) is 0.0971. The summed E-state index contributed by atoms with van der Waals surface area (Å²) in [7, 11) is 0. The molecule has 3 aliphatic rings. The van der Waals surface area contributed by atoms with Gasteiger partial charge in [-0.3, -0.25) is 9.59 Å². The second kappa shape index (κ2) is 5.74. The number of ether oxygens (including phenoxy) is 1. The van der Waals surface area contributed by atoms with Crippen molar-refractivity contribution in [2.45, 2.75) is 30.9 Å². The quantitative estimate of drug-likeness (QED) is 0.842. The normalized spacial score (nSPS) is 28.2. The zero-order valence-corrected chi connectivity index (χ0v) is 13.6. The van der Waals surface area contributed by atoms with E-state index in [-0.39, 0.29) is 31.4 Å². The Morgan fingerprint density at radius 3 is 2.52 bits per heavy atom. The Hall–Kier alpha value is -2.60. The number of furan rings is 1. The van der Waals surface area contributed by atoms with Crippen LogP contribution in [-0.2, 0) is 20.7 Å². The smallest absolute Gasteiger partial charge is 0.312 e. The van der Waals surface area contributed by atoms with Crippen LogP contribution in [0.1, 0.15) is 30.2 Å². The van der Waals surface area contributed by atoms with Crippen molar-refractivity contribution in [2.24, 2.45) is 5.41 Å². The van der Waals surface area contributed by atoms with Gasteiger partial charge in [0.25, 0.3) is 5.91 Å². The molecule has 1 unspecified atom stereocenters. The Morgan fingerprint density at radius 1 is 1.16 bits per heavy atom. The lowest BCUT2D eigenvalue weighted by molar-refractivity contribution is -0.159. The number of carboxylic acid groups (broad SMARTS) is 1. The topological polar surface area (TPSA) is 88.8 Å². The summed E-state index contributed by atoms with van der Waals surface area (Å²) in [5.74, 6) is -0.491. The Morgan fingerprint density at radius 2 is 1.92 bits per heavy atom. The minimum absolute atomic E-state index is 0.0971. The van der Waals surface area contributed by atoms with Gasteiger partial charge in [-0.05, 0) is 24.1 Å². The number of carboxylic acids is 1. The highest BCUT2D eigenvalue weighted by molar-refractivity contribution is 5.92. The van der Waals surface area contributed by atoms with Crippen molar-refractivity contribution in [1.29, 1.82) is 0 Å². The molecule has 0 spiro atoms. The van der Waals surface area contributed by atoms with Crippen LogP contribution in [0.25, 0.3) is 0 Å². The summed E-state index contributed by atoms with van der Waals surface area (Å²) in [5, 5.41) is 12.3. The van der Waals surface area contributed by atoms with Gasteiger partial charge in [0.1, 0.15) is 11.4 Å². The van der Waals surface area contributed by atoms with Crippen molar-refractivity contribution in [3.05, 3.63) is 60.1 Å². The lowest BCUT2D eigenvalue weighted by atomic mass is 9.62. The first-order chi connectivity index (χ1) is 12.0. The minimum atomic E-state index is -1.01. The van der Waals surface area contributed by atoms with Gasteiger partial charge in [0.05, 0.1) is 24.3 Å². The Balaban J connectivity index is 1.50. The molecule has 3 fully saturated rings. The molecule has 2 bridgehead atoms. The van der Waals surface area contributed by atoms with Crippen LogP contribution in [0.5, 0.6) is 0 Å². The fourth-order valence-corrected chi connectivity index (χ4v) is 3.81. The zero-order valence-electron chi connectivity index (χ0n) is 13.6.